The molecular weight excluding hydrogens is 496 g/mol. The molecule has 1 saturated heterocycles. The van der Waals surface area contributed by atoms with Gasteiger partial charge in [-0.25, -0.2) is 0 Å². The van der Waals surface area contributed by atoms with E-state index >= 15 is 0 Å². The van der Waals surface area contributed by atoms with E-state index in [4.69, 9.17) is 0 Å². The number of anilines is 1. The third kappa shape index (κ3) is 6.63. The second-order valence-electron chi connectivity index (χ2n) is 9.57. The van der Waals surface area contributed by atoms with Crippen molar-refractivity contribution in [2.45, 2.75) is 39.2 Å². The number of rotatable bonds is 9. The van der Waals surface area contributed by atoms with Crippen molar-refractivity contribution < 1.29 is 5.11 Å². The Morgan fingerprint density at radius 3 is 1.94 bits per heavy atom. The van der Waals surface area contributed by atoms with E-state index in [0.717, 1.165) is 49.9 Å². The molecule has 0 bridgehead atoms. The van der Waals surface area contributed by atoms with E-state index in [1.165, 1.54) is 33.5 Å². The van der Waals surface area contributed by atoms with E-state index in [2.05, 4.69) is 118 Å². The highest BCUT2D eigenvalue weighted by Gasteiger charge is 2.20. The summed E-state index contributed by atoms with van der Waals surface area (Å²) in [4.78, 5) is 5.06. The van der Waals surface area contributed by atoms with Gasteiger partial charge in [-0.1, -0.05) is 70.5 Å². The maximum absolute atomic E-state index is 9.43. The van der Waals surface area contributed by atoms with Gasteiger partial charge in [0.2, 0.25) is 0 Å². The Morgan fingerprint density at radius 1 is 0.771 bits per heavy atom. The maximum atomic E-state index is 9.43. The Labute approximate surface area is 219 Å². The number of piperazine rings is 1. The first-order valence-electron chi connectivity index (χ1n) is 12.8. The first-order valence-corrected chi connectivity index (χ1v) is 13.6. The normalized spacial score (nSPS) is 15.4. The lowest BCUT2D eigenvalue weighted by molar-refractivity contribution is 0.209. The summed E-state index contributed by atoms with van der Waals surface area (Å²) in [5, 5.41) is 9.43. The van der Waals surface area contributed by atoms with Crippen LogP contribution in [-0.4, -0.2) is 48.8 Å². The fourth-order valence-electron chi connectivity index (χ4n) is 4.93. The average molecular weight is 534 g/mol. The van der Waals surface area contributed by atoms with Crippen LogP contribution in [0, 0.1) is 0 Å². The monoisotopic (exact) mass is 532 g/mol. The lowest BCUT2D eigenvalue weighted by Crippen LogP contribution is -2.48. The summed E-state index contributed by atoms with van der Waals surface area (Å²) in [5.41, 5.74) is 7.61. The largest absolute Gasteiger partial charge is 0.396 e. The van der Waals surface area contributed by atoms with Crippen LogP contribution in [0.15, 0.2) is 83.3 Å². The SMILES string of the molecule is CC(C)N1CCN(c2ccc(/C(=C(/CCCCO)c3ccccc3)c3ccc(Br)cc3)cc2)CC1. The third-order valence-electron chi connectivity index (χ3n) is 6.96. The number of benzene rings is 3. The second-order valence-corrected chi connectivity index (χ2v) is 10.5. The molecule has 184 valence electrons. The topological polar surface area (TPSA) is 26.7 Å². The molecule has 0 amide bonds. The smallest absolute Gasteiger partial charge is 0.0431 e. The van der Waals surface area contributed by atoms with Crippen molar-refractivity contribution in [3.63, 3.8) is 0 Å². The minimum absolute atomic E-state index is 0.231. The predicted molar refractivity (Wildman–Crippen MR) is 153 cm³/mol. The zero-order valence-electron chi connectivity index (χ0n) is 21.0. The number of aliphatic hydroxyl groups is 1. The summed E-state index contributed by atoms with van der Waals surface area (Å²) >= 11 is 3.60. The molecule has 0 unspecified atom stereocenters. The van der Waals surface area contributed by atoms with Crippen LogP contribution in [0.2, 0.25) is 0 Å². The van der Waals surface area contributed by atoms with Gasteiger partial charge in [0, 0.05) is 49.0 Å². The van der Waals surface area contributed by atoms with Gasteiger partial charge in [0.1, 0.15) is 0 Å². The quantitative estimate of drug-likeness (QED) is 0.235. The van der Waals surface area contributed by atoms with E-state index in [9.17, 15) is 5.11 Å². The van der Waals surface area contributed by atoms with Crippen molar-refractivity contribution in [3.05, 3.63) is 100 Å². The van der Waals surface area contributed by atoms with Crippen molar-refractivity contribution in [2.75, 3.05) is 37.7 Å². The third-order valence-corrected chi connectivity index (χ3v) is 7.49. The fourth-order valence-corrected chi connectivity index (χ4v) is 5.20. The van der Waals surface area contributed by atoms with Crippen LogP contribution in [0.25, 0.3) is 11.1 Å². The molecule has 0 aliphatic carbocycles. The van der Waals surface area contributed by atoms with Crippen molar-refractivity contribution in [3.8, 4) is 0 Å². The second kappa shape index (κ2) is 12.5. The standard InChI is InChI=1S/C31H37BrN2O/c1-24(2)33-19-21-34(22-20-33)29-17-13-27(14-18-29)31(26-11-15-28(32)16-12-26)30(10-6-7-23-35)25-8-4-3-5-9-25/h3-5,8-9,11-18,24,35H,6-7,10,19-23H2,1-2H3/b31-30-. The summed E-state index contributed by atoms with van der Waals surface area (Å²) < 4.78 is 1.08. The molecule has 1 fully saturated rings. The molecule has 3 nitrogen and oxygen atoms in total. The molecule has 3 aromatic rings. The predicted octanol–water partition coefficient (Wildman–Crippen LogP) is 7.10. The number of nitrogens with zero attached hydrogens (tertiary/aromatic N) is 2. The average Bonchev–Trinajstić information content (AvgIpc) is 2.90. The highest BCUT2D eigenvalue weighted by Crippen LogP contribution is 2.36. The first kappa shape index (κ1) is 25.7. The summed E-state index contributed by atoms with van der Waals surface area (Å²) in [7, 11) is 0. The van der Waals surface area contributed by atoms with Gasteiger partial charge in [-0.05, 0) is 85.2 Å². The van der Waals surface area contributed by atoms with Crippen LogP contribution in [-0.2, 0) is 0 Å². The highest BCUT2D eigenvalue weighted by atomic mass is 79.9. The minimum atomic E-state index is 0.231. The van der Waals surface area contributed by atoms with Crippen LogP contribution in [0.3, 0.4) is 0 Å². The molecule has 0 aromatic heterocycles. The number of aliphatic hydroxyl groups excluding tert-OH is 1. The lowest BCUT2D eigenvalue weighted by Gasteiger charge is -2.38. The van der Waals surface area contributed by atoms with Crippen LogP contribution in [0.1, 0.15) is 49.8 Å². The van der Waals surface area contributed by atoms with E-state index in [1.54, 1.807) is 0 Å². The van der Waals surface area contributed by atoms with Gasteiger partial charge in [-0.2, -0.15) is 0 Å². The fraction of sp³-hybridized carbons (Fsp3) is 0.355. The number of unbranched alkanes of at least 4 members (excludes halogenated alkanes) is 1. The van der Waals surface area contributed by atoms with Gasteiger partial charge in [0.05, 0.1) is 0 Å². The molecule has 35 heavy (non-hydrogen) atoms. The molecule has 1 aliphatic rings. The molecular formula is C31H37BrN2O. The van der Waals surface area contributed by atoms with Gasteiger partial charge in [0.15, 0.2) is 0 Å². The summed E-state index contributed by atoms with van der Waals surface area (Å²) in [6, 6.07) is 29.1. The minimum Gasteiger partial charge on any atom is -0.396 e. The first-order chi connectivity index (χ1) is 17.1. The molecule has 0 spiro atoms. The van der Waals surface area contributed by atoms with Gasteiger partial charge >= 0.3 is 0 Å². The molecule has 0 radical (unpaired) electrons. The maximum Gasteiger partial charge on any atom is 0.0431 e. The number of hydrogen-bond acceptors (Lipinski definition) is 3. The molecule has 4 rings (SSSR count). The van der Waals surface area contributed by atoms with E-state index < -0.39 is 0 Å². The molecule has 3 aromatic carbocycles. The van der Waals surface area contributed by atoms with E-state index in [-0.39, 0.29) is 6.61 Å². The Hall–Kier alpha value is -2.40. The summed E-state index contributed by atoms with van der Waals surface area (Å²) in [6.45, 7) is 9.18. The van der Waals surface area contributed by atoms with Crippen molar-refractivity contribution in [2.24, 2.45) is 0 Å². The molecule has 1 aliphatic heterocycles. The van der Waals surface area contributed by atoms with Crippen molar-refractivity contribution >= 4 is 32.8 Å². The van der Waals surface area contributed by atoms with E-state index in [0.29, 0.717) is 6.04 Å². The van der Waals surface area contributed by atoms with Crippen LogP contribution >= 0.6 is 15.9 Å². The zero-order chi connectivity index (χ0) is 24.6. The summed E-state index contributed by atoms with van der Waals surface area (Å²) in [5.74, 6) is 0. The Kier molecular flexibility index (Phi) is 9.19. The number of halogens is 1. The van der Waals surface area contributed by atoms with E-state index in [1.807, 2.05) is 0 Å². The molecule has 1 heterocycles. The Bertz CT molecular complexity index is 1080. The number of hydrogen-bond donors (Lipinski definition) is 1. The van der Waals surface area contributed by atoms with Gasteiger partial charge in [-0.15, -0.1) is 0 Å². The van der Waals surface area contributed by atoms with Crippen LogP contribution in [0.5, 0.6) is 0 Å². The molecule has 0 saturated carbocycles. The number of allylic oxidation sites excluding steroid dienone is 1. The van der Waals surface area contributed by atoms with Crippen molar-refractivity contribution in [1.82, 2.24) is 4.90 Å². The Morgan fingerprint density at radius 2 is 1.37 bits per heavy atom. The lowest BCUT2D eigenvalue weighted by atomic mass is 9.87. The van der Waals surface area contributed by atoms with Crippen LogP contribution < -0.4 is 4.90 Å². The van der Waals surface area contributed by atoms with Gasteiger partial charge < -0.3 is 10.0 Å². The Balaban J connectivity index is 1.72. The highest BCUT2D eigenvalue weighted by molar-refractivity contribution is 9.10. The summed E-state index contributed by atoms with van der Waals surface area (Å²) in [6.07, 6.45) is 2.69. The molecule has 1 N–H and O–H groups in total. The van der Waals surface area contributed by atoms with Crippen molar-refractivity contribution in [1.29, 1.82) is 0 Å². The molecule has 0 atom stereocenters. The van der Waals surface area contributed by atoms with Crippen LogP contribution in [0.4, 0.5) is 5.69 Å². The zero-order valence-corrected chi connectivity index (χ0v) is 22.5. The van der Waals surface area contributed by atoms with Gasteiger partial charge in [0.25, 0.3) is 0 Å². The molecule has 4 heteroatoms. The van der Waals surface area contributed by atoms with Gasteiger partial charge in [-0.3, -0.25) is 4.90 Å².